The van der Waals surface area contributed by atoms with Crippen LogP contribution in [0.2, 0.25) is 10.0 Å². The van der Waals surface area contributed by atoms with Gasteiger partial charge in [0, 0.05) is 23.8 Å². The summed E-state index contributed by atoms with van der Waals surface area (Å²) in [6.07, 6.45) is 6.22. The van der Waals surface area contributed by atoms with Crippen LogP contribution in [0.5, 0.6) is 0 Å². The van der Waals surface area contributed by atoms with E-state index in [0.29, 0.717) is 15.6 Å². The summed E-state index contributed by atoms with van der Waals surface area (Å²) >= 11 is 12.5. The van der Waals surface area contributed by atoms with Crippen LogP contribution < -0.4 is 11.1 Å². The molecule has 0 unspecified atom stereocenters. The maximum Gasteiger partial charge on any atom is 0.224 e. The van der Waals surface area contributed by atoms with Crippen molar-refractivity contribution in [3.63, 3.8) is 0 Å². The summed E-state index contributed by atoms with van der Waals surface area (Å²) in [5.41, 5.74) is 6.51. The van der Waals surface area contributed by atoms with Gasteiger partial charge in [-0.2, -0.15) is 0 Å². The second-order valence-electron chi connectivity index (χ2n) is 4.12. The van der Waals surface area contributed by atoms with Gasteiger partial charge in [0.2, 0.25) is 5.91 Å². The number of hydrogen-bond donors (Lipinski definition) is 2. The summed E-state index contributed by atoms with van der Waals surface area (Å²) in [6, 6.07) is 10.9. The number of nitrogens with two attached hydrogens (primary N) is 1. The van der Waals surface area contributed by atoms with Crippen LogP contribution in [-0.4, -0.2) is 17.9 Å². The van der Waals surface area contributed by atoms with Gasteiger partial charge in [-0.05, 0) is 35.9 Å². The average molecular weight is 366 g/mol. The number of pyridine rings is 1. The molecular formula is C18H21Cl2N3O. The number of benzene rings is 1. The lowest BCUT2D eigenvalue weighted by atomic mass is 10.0. The fourth-order valence-electron chi connectivity index (χ4n) is 1.73. The van der Waals surface area contributed by atoms with Gasteiger partial charge in [-0.15, -0.1) is 0 Å². The van der Waals surface area contributed by atoms with E-state index >= 15 is 0 Å². The number of halogens is 2. The number of terminal acetylenes is 1. The molecule has 1 heterocycles. The number of amides is 1. The minimum Gasteiger partial charge on any atom is -0.360 e. The Balaban J connectivity index is 0.000000952. The van der Waals surface area contributed by atoms with Crippen molar-refractivity contribution in [2.75, 3.05) is 7.05 Å². The molecule has 24 heavy (non-hydrogen) atoms. The normalized spacial score (nSPS) is 8.67. The van der Waals surface area contributed by atoms with Crippen molar-refractivity contribution in [2.24, 2.45) is 5.73 Å². The van der Waals surface area contributed by atoms with E-state index in [2.05, 4.69) is 22.5 Å². The van der Waals surface area contributed by atoms with Gasteiger partial charge in [0.25, 0.3) is 0 Å². The molecule has 0 saturated heterocycles. The summed E-state index contributed by atoms with van der Waals surface area (Å²) < 4.78 is 0. The van der Waals surface area contributed by atoms with Gasteiger partial charge in [0.1, 0.15) is 0 Å². The molecule has 2 rings (SSSR count). The van der Waals surface area contributed by atoms with Crippen LogP contribution in [0, 0.1) is 12.5 Å². The molecule has 4 nitrogen and oxygen atoms in total. The second-order valence-corrected chi connectivity index (χ2v) is 4.90. The minimum absolute atomic E-state index is 0.137. The molecule has 128 valence electrons. The van der Waals surface area contributed by atoms with Crippen molar-refractivity contribution in [3.05, 3.63) is 52.1 Å². The van der Waals surface area contributed by atoms with Crippen LogP contribution in [0.1, 0.15) is 19.4 Å². The molecule has 0 atom stereocenters. The molecule has 1 amide bonds. The Morgan fingerprint density at radius 1 is 1.29 bits per heavy atom. The van der Waals surface area contributed by atoms with Crippen LogP contribution in [0.3, 0.4) is 0 Å². The van der Waals surface area contributed by atoms with E-state index in [4.69, 9.17) is 23.2 Å². The number of nitrogens with one attached hydrogen (secondary N) is 1. The van der Waals surface area contributed by atoms with Crippen molar-refractivity contribution in [2.45, 2.75) is 20.3 Å². The first-order valence-electron chi connectivity index (χ1n) is 7.30. The quantitative estimate of drug-likeness (QED) is 0.639. The third-order valence-corrected chi connectivity index (χ3v) is 3.53. The highest BCUT2D eigenvalue weighted by Gasteiger charge is 2.15. The summed E-state index contributed by atoms with van der Waals surface area (Å²) in [5, 5.41) is 3.50. The predicted molar refractivity (Wildman–Crippen MR) is 102 cm³/mol. The van der Waals surface area contributed by atoms with Crippen molar-refractivity contribution in [3.8, 4) is 23.7 Å². The number of carbonyl (C=O) groups excluding carboxylic acids is 1. The Hall–Kier alpha value is -2.22. The van der Waals surface area contributed by atoms with Crippen molar-refractivity contribution < 1.29 is 4.79 Å². The van der Waals surface area contributed by atoms with Gasteiger partial charge >= 0.3 is 0 Å². The molecule has 0 spiro atoms. The van der Waals surface area contributed by atoms with Crippen LogP contribution in [-0.2, 0) is 11.2 Å². The maximum atomic E-state index is 11.5. The highest BCUT2D eigenvalue weighted by molar-refractivity contribution is 6.38. The van der Waals surface area contributed by atoms with Crippen molar-refractivity contribution in [1.29, 1.82) is 0 Å². The smallest absolute Gasteiger partial charge is 0.224 e. The Bertz CT molecular complexity index is 683. The third-order valence-electron chi connectivity index (χ3n) is 2.74. The fourth-order valence-corrected chi connectivity index (χ4v) is 2.33. The number of nitrogens with zero attached hydrogens (tertiary/aromatic N) is 1. The van der Waals surface area contributed by atoms with E-state index in [9.17, 15) is 4.79 Å². The molecule has 1 aromatic heterocycles. The molecule has 3 N–H and O–H groups in total. The van der Waals surface area contributed by atoms with E-state index < -0.39 is 0 Å². The lowest BCUT2D eigenvalue weighted by Crippen LogP contribution is -2.20. The zero-order valence-electron chi connectivity index (χ0n) is 13.9. The molecule has 1 aromatic carbocycles. The average Bonchev–Trinajstić information content (AvgIpc) is 2.61. The lowest BCUT2D eigenvalue weighted by molar-refractivity contribution is -0.119. The predicted octanol–water partition coefficient (Wildman–Crippen LogP) is 3.91. The molecule has 0 aliphatic rings. The Morgan fingerprint density at radius 2 is 1.92 bits per heavy atom. The van der Waals surface area contributed by atoms with Crippen LogP contribution >= 0.6 is 23.2 Å². The number of aromatic nitrogens is 1. The molecule has 0 fully saturated rings. The minimum atomic E-state index is -0.137. The number of likely N-dealkylation sites (N-methyl/N-ethyl adjacent to an activating group) is 1. The van der Waals surface area contributed by atoms with E-state index in [-0.39, 0.29) is 12.3 Å². The SMILES string of the molecule is C#CN.CC.CNC(=O)Cc1c(Cl)ccc(-c2ccccn2)c1Cl. The monoisotopic (exact) mass is 365 g/mol. The Kier molecular flexibility index (Phi) is 11.1. The number of rotatable bonds is 3. The molecule has 0 radical (unpaired) electrons. The van der Waals surface area contributed by atoms with Crippen molar-refractivity contribution >= 4 is 29.1 Å². The van der Waals surface area contributed by atoms with Gasteiger partial charge in [-0.3, -0.25) is 9.78 Å². The van der Waals surface area contributed by atoms with E-state index in [0.717, 1.165) is 11.3 Å². The van der Waals surface area contributed by atoms with E-state index in [1.54, 1.807) is 31.4 Å². The third kappa shape index (κ3) is 6.49. The summed E-state index contributed by atoms with van der Waals surface area (Å²) in [4.78, 5) is 15.7. The summed E-state index contributed by atoms with van der Waals surface area (Å²) in [7, 11) is 1.58. The molecular weight excluding hydrogens is 345 g/mol. The van der Waals surface area contributed by atoms with E-state index in [1.807, 2.05) is 32.0 Å². The molecule has 0 saturated carbocycles. The highest BCUT2D eigenvalue weighted by atomic mass is 35.5. The van der Waals surface area contributed by atoms with Crippen LogP contribution in [0.4, 0.5) is 0 Å². The first-order valence-corrected chi connectivity index (χ1v) is 8.05. The topological polar surface area (TPSA) is 68.0 Å². The summed E-state index contributed by atoms with van der Waals surface area (Å²) in [6.45, 7) is 4.00. The fraction of sp³-hybridized carbons (Fsp3) is 0.222. The van der Waals surface area contributed by atoms with Crippen molar-refractivity contribution in [1.82, 2.24) is 10.3 Å². The number of carbonyl (C=O) groups is 1. The standard InChI is InChI=1S/C14H12Cl2N2O.C2H3N.C2H6/c1-17-13(19)8-10-11(15)6-5-9(14(10)16)12-4-2-3-7-18-12;1-2-3;1-2/h2-7H,8H2,1H3,(H,17,19);1H,3H2;1-2H3. The first-order chi connectivity index (χ1) is 11.5. The second kappa shape index (κ2) is 12.2. The molecule has 0 aliphatic carbocycles. The van der Waals surface area contributed by atoms with Crippen LogP contribution in [0.15, 0.2) is 36.5 Å². The number of hydrogen-bond acceptors (Lipinski definition) is 3. The molecule has 0 aliphatic heterocycles. The van der Waals surface area contributed by atoms with E-state index in [1.165, 1.54) is 0 Å². The molecule has 6 heteroatoms. The molecule has 2 aromatic rings. The highest BCUT2D eigenvalue weighted by Crippen LogP contribution is 2.34. The maximum absolute atomic E-state index is 11.5. The zero-order valence-corrected chi connectivity index (χ0v) is 15.4. The zero-order chi connectivity index (χ0) is 18.5. The molecule has 0 bridgehead atoms. The van der Waals surface area contributed by atoms with Gasteiger partial charge < -0.3 is 11.1 Å². The summed E-state index contributed by atoms with van der Waals surface area (Å²) in [5.74, 6) is -0.137. The van der Waals surface area contributed by atoms with Gasteiger partial charge in [0.05, 0.1) is 17.1 Å². The lowest BCUT2D eigenvalue weighted by Gasteiger charge is -2.10. The first kappa shape index (κ1) is 21.8. The Labute approximate surface area is 153 Å². The van der Waals surface area contributed by atoms with Gasteiger partial charge in [0.15, 0.2) is 0 Å². The van der Waals surface area contributed by atoms with Crippen LogP contribution in [0.25, 0.3) is 11.3 Å². The Morgan fingerprint density at radius 3 is 2.42 bits per heavy atom. The van der Waals surface area contributed by atoms with Gasteiger partial charge in [-0.1, -0.05) is 49.5 Å². The van der Waals surface area contributed by atoms with Gasteiger partial charge in [-0.25, -0.2) is 0 Å². The largest absolute Gasteiger partial charge is 0.360 e.